The van der Waals surface area contributed by atoms with E-state index in [1.165, 1.54) is 39.9 Å². The Balaban J connectivity index is 4.37. The van der Waals surface area contributed by atoms with Crippen LogP contribution in [0.15, 0.2) is 48.6 Å². The third kappa shape index (κ3) is 17.4. The van der Waals surface area contributed by atoms with E-state index in [9.17, 15) is 19.7 Å². The zero-order valence-corrected chi connectivity index (χ0v) is 21.9. The predicted molar refractivity (Wildman–Crippen MR) is 141 cm³/mol. The molecule has 0 bridgehead atoms. The largest absolute Gasteiger partial charge is 0.469 e. The molecule has 0 rings (SSSR count). The SMILES string of the molecule is CCCCC/C=C\C/C=C\C/C=C\C/C=C\CCCC(CCC(=O)OC)(CCC(=O)OC)[N+](=O)[O-]. The molecule has 7 heteroatoms. The summed E-state index contributed by atoms with van der Waals surface area (Å²) in [4.78, 5) is 34.6. The van der Waals surface area contributed by atoms with Gasteiger partial charge in [0, 0.05) is 24.2 Å². The molecule has 0 heterocycles. The van der Waals surface area contributed by atoms with Gasteiger partial charge in [-0.05, 0) is 44.9 Å². The molecule has 0 atom stereocenters. The average molecular weight is 492 g/mol. The number of nitro groups is 1. The first-order chi connectivity index (χ1) is 16.9. The van der Waals surface area contributed by atoms with Crippen LogP contribution >= 0.6 is 0 Å². The Hall–Kier alpha value is -2.70. The van der Waals surface area contributed by atoms with Crippen molar-refractivity contribution in [2.45, 2.75) is 102 Å². The molecule has 0 saturated carbocycles. The zero-order chi connectivity index (χ0) is 26.2. The molecule has 0 aliphatic rings. The number of nitrogens with zero attached hydrogens (tertiary/aromatic N) is 1. The standard InChI is InChI=1S/C28H45NO6/c1-4-5-6-7-8-9-10-11-12-13-14-15-16-17-18-19-20-23-28(29(32)33,24-21-26(30)34-2)25-22-27(31)35-3/h8-9,11-12,14-15,17-18H,4-7,10,13,16,19-25H2,1-3H3/b9-8-,12-11-,15-14-,18-17-. The van der Waals surface area contributed by atoms with Gasteiger partial charge in [-0.3, -0.25) is 19.7 Å². The molecule has 0 aromatic rings. The lowest BCUT2D eigenvalue weighted by atomic mass is 9.84. The summed E-state index contributed by atoms with van der Waals surface area (Å²) in [7, 11) is 2.52. The van der Waals surface area contributed by atoms with E-state index in [1.54, 1.807) is 0 Å². The molecule has 0 aromatic carbocycles. The van der Waals surface area contributed by atoms with E-state index in [-0.39, 0.29) is 37.0 Å². The van der Waals surface area contributed by atoms with Crippen LogP contribution in [0.1, 0.15) is 96.8 Å². The topological polar surface area (TPSA) is 95.7 Å². The number of methoxy groups -OCH3 is 2. The van der Waals surface area contributed by atoms with Crippen molar-refractivity contribution in [3.8, 4) is 0 Å². The van der Waals surface area contributed by atoms with Crippen LogP contribution in [0.5, 0.6) is 0 Å². The first-order valence-corrected chi connectivity index (χ1v) is 12.8. The number of allylic oxidation sites excluding steroid dienone is 8. The van der Waals surface area contributed by atoms with Crippen molar-refractivity contribution in [1.82, 2.24) is 0 Å². The smallest absolute Gasteiger partial charge is 0.305 e. The molecule has 35 heavy (non-hydrogen) atoms. The molecule has 0 aliphatic heterocycles. The van der Waals surface area contributed by atoms with E-state index in [0.717, 1.165) is 19.3 Å². The molecule has 0 amide bonds. The summed E-state index contributed by atoms with van der Waals surface area (Å²) < 4.78 is 9.27. The summed E-state index contributed by atoms with van der Waals surface area (Å²) >= 11 is 0. The van der Waals surface area contributed by atoms with Crippen LogP contribution in [-0.4, -0.2) is 36.6 Å². The van der Waals surface area contributed by atoms with E-state index in [0.29, 0.717) is 12.8 Å². The van der Waals surface area contributed by atoms with Crippen molar-refractivity contribution in [3.63, 3.8) is 0 Å². The van der Waals surface area contributed by atoms with Crippen molar-refractivity contribution < 1.29 is 24.0 Å². The summed E-state index contributed by atoms with van der Waals surface area (Å²) in [5.74, 6) is -0.982. The quantitative estimate of drug-likeness (QED) is 0.0561. The average Bonchev–Trinajstić information content (AvgIpc) is 2.86. The minimum atomic E-state index is -1.34. The number of esters is 2. The number of hydrogen-bond acceptors (Lipinski definition) is 6. The molecule has 0 radical (unpaired) electrons. The van der Waals surface area contributed by atoms with Crippen molar-refractivity contribution in [3.05, 3.63) is 58.7 Å². The minimum Gasteiger partial charge on any atom is -0.469 e. The van der Waals surface area contributed by atoms with E-state index < -0.39 is 17.5 Å². The fourth-order valence-corrected chi connectivity index (χ4v) is 3.63. The molecule has 198 valence electrons. The van der Waals surface area contributed by atoms with E-state index in [2.05, 4.69) is 58.9 Å². The van der Waals surface area contributed by atoms with Gasteiger partial charge in [0.2, 0.25) is 5.54 Å². The Morgan fingerprint density at radius 2 is 1.14 bits per heavy atom. The van der Waals surface area contributed by atoms with Gasteiger partial charge in [-0.15, -0.1) is 0 Å². The van der Waals surface area contributed by atoms with Crippen molar-refractivity contribution in [2.75, 3.05) is 14.2 Å². The second-order valence-corrected chi connectivity index (χ2v) is 8.61. The van der Waals surface area contributed by atoms with Crippen molar-refractivity contribution in [2.24, 2.45) is 0 Å². The second-order valence-electron chi connectivity index (χ2n) is 8.61. The molecule has 7 nitrogen and oxygen atoms in total. The van der Waals surface area contributed by atoms with Crippen molar-refractivity contribution >= 4 is 11.9 Å². The summed E-state index contributed by atoms with van der Waals surface area (Å²) in [6, 6.07) is 0. The fourth-order valence-electron chi connectivity index (χ4n) is 3.63. The summed E-state index contributed by atoms with van der Waals surface area (Å²) in [6.45, 7) is 2.22. The van der Waals surface area contributed by atoms with Crippen LogP contribution in [0, 0.1) is 10.1 Å². The summed E-state index contributed by atoms with van der Waals surface area (Å²) in [5, 5.41) is 11.9. The Labute approximate surface area is 211 Å². The van der Waals surface area contributed by atoms with Gasteiger partial charge in [0.25, 0.3) is 0 Å². The second kappa shape index (κ2) is 21.8. The molecule has 0 unspecified atom stereocenters. The predicted octanol–water partition coefficient (Wildman–Crippen LogP) is 7.05. The molecule has 0 N–H and O–H groups in total. The highest BCUT2D eigenvalue weighted by atomic mass is 16.6. The minimum absolute atomic E-state index is 0.0400. The Kier molecular flexibility index (Phi) is 20.1. The van der Waals surface area contributed by atoms with E-state index in [4.69, 9.17) is 0 Å². The monoisotopic (exact) mass is 491 g/mol. The molecule has 0 aliphatic carbocycles. The van der Waals surface area contributed by atoms with Gasteiger partial charge in [0.05, 0.1) is 27.1 Å². The molecule has 0 saturated heterocycles. The third-order valence-electron chi connectivity index (χ3n) is 5.90. The zero-order valence-electron chi connectivity index (χ0n) is 21.9. The Morgan fingerprint density at radius 1 is 0.714 bits per heavy atom. The maximum absolute atomic E-state index is 11.9. The number of rotatable bonds is 21. The summed E-state index contributed by atoms with van der Waals surface area (Å²) in [5.41, 5.74) is -1.34. The first-order valence-electron chi connectivity index (χ1n) is 12.8. The maximum atomic E-state index is 11.9. The third-order valence-corrected chi connectivity index (χ3v) is 5.90. The highest BCUT2D eigenvalue weighted by Crippen LogP contribution is 2.30. The van der Waals surface area contributed by atoms with Gasteiger partial charge in [-0.25, -0.2) is 0 Å². The molecular weight excluding hydrogens is 446 g/mol. The summed E-state index contributed by atoms with van der Waals surface area (Å²) in [6.07, 6.45) is 26.4. The molecular formula is C28H45NO6. The van der Waals surface area contributed by atoms with Gasteiger partial charge in [0.15, 0.2) is 0 Å². The number of carbonyl (C=O) groups excluding carboxylic acids is 2. The van der Waals surface area contributed by atoms with Crippen LogP contribution in [0.3, 0.4) is 0 Å². The van der Waals surface area contributed by atoms with Gasteiger partial charge >= 0.3 is 11.9 Å². The molecule has 0 aromatic heterocycles. The van der Waals surface area contributed by atoms with Crippen LogP contribution in [-0.2, 0) is 19.1 Å². The number of ether oxygens (including phenoxy) is 2. The number of hydrogen-bond donors (Lipinski definition) is 0. The van der Waals surface area contributed by atoms with Gasteiger partial charge in [-0.2, -0.15) is 0 Å². The van der Waals surface area contributed by atoms with Gasteiger partial charge in [0.1, 0.15) is 0 Å². The number of carbonyl (C=O) groups is 2. The highest BCUT2D eigenvalue weighted by molar-refractivity contribution is 5.70. The Morgan fingerprint density at radius 3 is 1.54 bits per heavy atom. The molecule has 0 spiro atoms. The van der Waals surface area contributed by atoms with Crippen molar-refractivity contribution in [1.29, 1.82) is 0 Å². The van der Waals surface area contributed by atoms with Gasteiger partial charge in [-0.1, -0.05) is 68.4 Å². The first kappa shape index (κ1) is 32.3. The van der Waals surface area contributed by atoms with Crippen LogP contribution in [0.25, 0.3) is 0 Å². The number of unbranched alkanes of at least 4 members (excludes halogenated alkanes) is 4. The lowest BCUT2D eigenvalue weighted by Gasteiger charge is -2.24. The normalized spacial score (nSPS) is 12.3. The van der Waals surface area contributed by atoms with Crippen LogP contribution in [0.2, 0.25) is 0 Å². The van der Waals surface area contributed by atoms with Gasteiger partial charge < -0.3 is 9.47 Å². The molecule has 0 fully saturated rings. The van der Waals surface area contributed by atoms with Crippen LogP contribution < -0.4 is 0 Å². The lowest BCUT2D eigenvalue weighted by molar-refractivity contribution is -0.574. The highest BCUT2D eigenvalue weighted by Gasteiger charge is 2.42. The van der Waals surface area contributed by atoms with E-state index >= 15 is 0 Å². The Bertz CT molecular complexity index is 688. The maximum Gasteiger partial charge on any atom is 0.305 e. The lowest BCUT2D eigenvalue weighted by Crippen LogP contribution is -2.39. The van der Waals surface area contributed by atoms with E-state index in [1.807, 2.05) is 6.08 Å². The fraction of sp³-hybridized carbons (Fsp3) is 0.643. The van der Waals surface area contributed by atoms with Crippen LogP contribution in [0.4, 0.5) is 0 Å².